The lowest BCUT2D eigenvalue weighted by atomic mass is 10.3. The van der Waals surface area contributed by atoms with E-state index < -0.39 is 20.7 Å². The highest BCUT2D eigenvalue weighted by molar-refractivity contribution is 6.60. The first-order chi connectivity index (χ1) is 14.2. The van der Waals surface area contributed by atoms with E-state index in [9.17, 15) is 9.59 Å². The van der Waals surface area contributed by atoms with E-state index in [-0.39, 0.29) is 13.2 Å². The van der Waals surface area contributed by atoms with E-state index in [0.29, 0.717) is 56.6 Å². The molecule has 9 heteroatoms. The van der Waals surface area contributed by atoms with Crippen molar-refractivity contribution in [1.29, 1.82) is 0 Å². The topological polar surface area (TPSA) is 83.5 Å². The average Bonchev–Trinajstić information content (AvgIpc) is 2.67. The van der Waals surface area contributed by atoms with Crippen molar-refractivity contribution in [3.8, 4) is 0 Å². The van der Waals surface area contributed by atoms with Crippen LogP contribution in [0.15, 0.2) is 24.3 Å². The summed E-state index contributed by atoms with van der Waals surface area (Å²) in [4.78, 5) is 25.3. The smallest absolute Gasteiger partial charge is 0.461 e. The molecule has 0 amide bonds. The monoisotopic (exact) mass is 445 g/mol. The molecule has 0 bridgehead atoms. The summed E-state index contributed by atoms with van der Waals surface area (Å²) in [5.41, 5.74) is 0.718. The molecule has 0 atom stereocenters. The maximum atomic E-state index is 11.6. The molecule has 8 nitrogen and oxygen atoms in total. The van der Waals surface area contributed by atoms with Gasteiger partial charge in [0.1, 0.15) is 13.2 Å². The summed E-state index contributed by atoms with van der Waals surface area (Å²) < 4.78 is 28.1. The van der Waals surface area contributed by atoms with Crippen LogP contribution in [0, 0.1) is 0 Å². The Bertz CT molecular complexity index is 504. The molecule has 0 aromatic rings. The zero-order valence-electron chi connectivity index (χ0n) is 19.3. The van der Waals surface area contributed by atoms with Gasteiger partial charge in [0, 0.05) is 50.1 Å². The van der Waals surface area contributed by atoms with Gasteiger partial charge < -0.3 is 22.8 Å². The molecule has 0 aromatic heterocycles. The Kier molecular flexibility index (Phi) is 15.4. The molecule has 0 aliphatic heterocycles. The van der Waals surface area contributed by atoms with Crippen molar-refractivity contribution in [2.24, 2.45) is 0 Å². The first-order valence-electron chi connectivity index (χ1n) is 10.5. The third kappa shape index (κ3) is 12.2. The standard InChI is InChI=1S/C21H39NO7Si/c1-8-27-30(28-9-2,29-10-3)17-11-12-22(13-15-25-20(23)18(4)5)14-16-26-21(24)19(6)7/h4,6,8-17H2,1-3,5,7H3. The predicted molar refractivity (Wildman–Crippen MR) is 118 cm³/mol. The molecule has 0 fully saturated rings. The van der Waals surface area contributed by atoms with Gasteiger partial charge in [-0.25, -0.2) is 9.59 Å². The molecule has 0 aliphatic carbocycles. The second-order valence-corrected chi connectivity index (χ2v) is 9.49. The lowest BCUT2D eigenvalue weighted by molar-refractivity contribution is -0.139. The molecule has 30 heavy (non-hydrogen) atoms. The van der Waals surface area contributed by atoms with Crippen molar-refractivity contribution in [3.05, 3.63) is 24.3 Å². The van der Waals surface area contributed by atoms with Crippen LogP contribution in [0.25, 0.3) is 0 Å². The van der Waals surface area contributed by atoms with E-state index >= 15 is 0 Å². The maximum Gasteiger partial charge on any atom is 0.500 e. The summed E-state index contributed by atoms with van der Waals surface area (Å²) in [6.45, 7) is 19.9. The molecular formula is C21H39NO7Si. The fourth-order valence-corrected chi connectivity index (χ4v) is 5.23. The second kappa shape index (κ2) is 16.2. The van der Waals surface area contributed by atoms with Gasteiger partial charge >= 0.3 is 20.7 Å². The minimum Gasteiger partial charge on any atom is -0.461 e. The first-order valence-corrected chi connectivity index (χ1v) is 12.4. The van der Waals surface area contributed by atoms with Crippen LogP contribution >= 0.6 is 0 Å². The minimum absolute atomic E-state index is 0.227. The largest absolute Gasteiger partial charge is 0.500 e. The van der Waals surface area contributed by atoms with Gasteiger partial charge in [0.05, 0.1) is 0 Å². The van der Waals surface area contributed by atoms with Crippen LogP contribution in [0.1, 0.15) is 41.0 Å². The number of hydrogen-bond donors (Lipinski definition) is 0. The predicted octanol–water partition coefficient (Wildman–Crippen LogP) is 2.97. The number of hydrogen-bond acceptors (Lipinski definition) is 8. The van der Waals surface area contributed by atoms with Crippen molar-refractivity contribution in [1.82, 2.24) is 4.90 Å². The van der Waals surface area contributed by atoms with Crippen molar-refractivity contribution < 1.29 is 32.3 Å². The number of esters is 2. The zero-order valence-corrected chi connectivity index (χ0v) is 20.3. The third-order valence-electron chi connectivity index (χ3n) is 4.03. The normalized spacial score (nSPS) is 11.4. The second-order valence-electron chi connectivity index (χ2n) is 6.76. The quantitative estimate of drug-likeness (QED) is 0.181. The molecule has 0 saturated carbocycles. The van der Waals surface area contributed by atoms with Gasteiger partial charge in [-0.1, -0.05) is 13.2 Å². The van der Waals surface area contributed by atoms with Crippen LogP contribution in [-0.2, 0) is 32.3 Å². The SMILES string of the molecule is C=C(C)C(=O)OCCN(CCC[Si](OCC)(OCC)OCC)CCOC(=O)C(=C)C. The van der Waals surface area contributed by atoms with Gasteiger partial charge in [0.25, 0.3) is 0 Å². The lowest BCUT2D eigenvalue weighted by Gasteiger charge is -2.29. The number of carbonyl (C=O) groups is 2. The number of rotatable bonds is 18. The molecule has 0 heterocycles. The van der Waals surface area contributed by atoms with Crippen LogP contribution in [-0.4, -0.2) is 78.3 Å². The maximum absolute atomic E-state index is 11.6. The van der Waals surface area contributed by atoms with Gasteiger partial charge in [0.15, 0.2) is 0 Å². The van der Waals surface area contributed by atoms with Crippen molar-refractivity contribution in [2.45, 2.75) is 47.1 Å². The molecule has 174 valence electrons. The molecule has 0 spiro atoms. The van der Waals surface area contributed by atoms with Gasteiger partial charge in [-0.2, -0.15) is 0 Å². The number of ether oxygens (including phenoxy) is 2. The van der Waals surface area contributed by atoms with Gasteiger partial charge in [-0.05, 0) is 47.6 Å². The number of carbonyl (C=O) groups excluding carboxylic acids is 2. The Hall–Kier alpha value is -1.52. The zero-order chi connectivity index (χ0) is 23.0. The van der Waals surface area contributed by atoms with Crippen LogP contribution < -0.4 is 0 Å². The van der Waals surface area contributed by atoms with E-state index in [4.69, 9.17) is 22.8 Å². The Morgan fingerprint density at radius 2 is 1.17 bits per heavy atom. The van der Waals surface area contributed by atoms with Crippen LogP contribution in [0.5, 0.6) is 0 Å². The molecule has 0 N–H and O–H groups in total. The molecule has 0 saturated heterocycles. The van der Waals surface area contributed by atoms with Crippen LogP contribution in [0.4, 0.5) is 0 Å². The summed E-state index contributed by atoms with van der Waals surface area (Å²) in [5.74, 6) is -0.835. The first kappa shape index (κ1) is 28.5. The highest BCUT2D eigenvalue weighted by atomic mass is 28.4. The highest BCUT2D eigenvalue weighted by Crippen LogP contribution is 2.18. The molecule has 0 radical (unpaired) electrons. The molecular weight excluding hydrogens is 406 g/mol. The summed E-state index contributed by atoms with van der Waals surface area (Å²) in [6, 6.07) is 0.677. The molecule has 0 rings (SSSR count). The van der Waals surface area contributed by atoms with Gasteiger partial charge in [-0.3, -0.25) is 4.90 Å². The van der Waals surface area contributed by atoms with Crippen molar-refractivity contribution >= 4 is 20.7 Å². The molecule has 0 aromatic carbocycles. The van der Waals surface area contributed by atoms with Gasteiger partial charge in [-0.15, -0.1) is 0 Å². The summed E-state index contributed by atoms with van der Waals surface area (Å²) in [7, 11) is -2.71. The minimum atomic E-state index is -2.71. The average molecular weight is 446 g/mol. The van der Waals surface area contributed by atoms with Gasteiger partial charge in [0.2, 0.25) is 0 Å². The van der Waals surface area contributed by atoms with E-state index in [2.05, 4.69) is 18.1 Å². The van der Waals surface area contributed by atoms with E-state index in [0.717, 1.165) is 6.42 Å². The van der Waals surface area contributed by atoms with E-state index in [1.165, 1.54) is 0 Å². The Morgan fingerprint density at radius 1 is 0.767 bits per heavy atom. The number of nitrogens with zero attached hydrogens (tertiary/aromatic N) is 1. The fourth-order valence-electron chi connectivity index (χ4n) is 2.64. The molecule has 0 unspecified atom stereocenters. The Labute approximate surface area is 182 Å². The summed E-state index contributed by atoms with van der Waals surface area (Å²) in [5, 5.41) is 0. The van der Waals surface area contributed by atoms with E-state index in [1.807, 2.05) is 20.8 Å². The van der Waals surface area contributed by atoms with Crippen LogP contribution in [0.3, 0.4) is 0 Å². The highest BCUT2D eigenvalue weighted by Gasteiger charge is 2.39. The fraction of sp³-hybridized carbons (Fsp3) is 0.714. The third-order valence-corrected chi connectivity index (χ3v) is 7.18. The van der Waals surface area contributed by atoms with Crippen molar-refractivity contribution in [3.63, 3.8) is 0 Å². The summed E-state index contributed by atoms with van der Waals surface area (Å²) in [6.07, 6.45) is 0.773. The van der Waals surface area contributed by atoms with E-state index in [1.54, 1.807) is 13.8 Å². The Morgan fingerprint density at radius 3 is 1.50 bits per heavy atom. The van der Waals surface area contributed by atoms with Crippen LogP contribution in [0.2, 0.25) is 6.04 Å². The molecule has 0 aliphatic rings. The Balaban J connectivity index is 4.80. The lowest BCUT2D eigenvalue weighted by Crippen LogP contribution is -2.46. The summed E-state index contributed by atoms with van der Waals surface area (Å²) >= 11 is 0. The van der Waals surface area contributed by atoms with Crippen molar-refractivity contribution in [2.75, 3.05) is 52.7 Å².